The Labute approximate surface area is 183 Å². The van der Waals surface area contributed by atoms with Crippen LogP contribution in [0.25, 0.3) is 11.1 Å². The fourth-order valence-corrected chi connectivity index (χ4v) is 5.26. The Hall–Kier alpha value is -2.46. The summed E-state index contributed by atoms with van der Waals surface area (Å²) in [7, 11) is -3.72. The molecule has 2 aromatic carbocycles. The normalized spacial score (nSPS) is 24.9. The molecule has 0 spiro atoms. The maximum Gasteiger partial charge on any atom is 0.266 e. The standard InChI is InChI=1S/C22H22F4N2O3S/c1-32(30,31)27-13-10-22(25,26)12-28(11-13)21(29)17-9-16(17)14-5-2-3-6-15(14)20-18(23)7-4-8-19(20)24/h2-8,13,16-17,27H,9-12H2,1H3/t13-,16-,17+/m0/s1. The number of nitrogens with zero attached hydrogens (tertiary/aromatic N) is 1. The van der Waals surface area contributed by atoms with Crippen LogP contribution in [0.1, 0.15) is 24.3 Å². The Balaban J connectivity index is 1.56. The molecule has 2 aliphatic rings. The van der Waals surface area contributed by atoms with E-state index in [1.54, 1.807) is 24.3 Å². The van der Waals surface area contributed by atoms with E-state index in [0.29, 0.717) is 17.5 Å². The number of piperidine rings is 1. The molecule has 1 saturated heterocycles. The van der Waals surface area contributed by atoms with E-state index in [1.165, 1.54) is 6.07 Å². The van der Waals surface area contributed by atoms with Crippen molar-refractivity contribution in [1.29, 1.82) is 0 Å². The smallest absolute Gasteiger partial charge is 0.266 e. The van der Waals surface area contributed by atoms with Crippen molar-refractivity contribution >= 4 is 15.9 Å². The predicted molar refractivity (Wildman–Crippen MR) is 111 cm³/mol. The van der Waals surface area contributed by atoms with Crippen molar-refractivity contribution in [2.45, 2.75) is 30.7 Å². The van der Waals surface area contributed by atoms with Gasteiger partial charge in [0.25, 0.3) is 5.92 Å². The lowest BCUT2D eigenvalue weighted by atomic mass is 9.94. The van der Waals surface area contributed by atoms with E-state index < -0.39 is 58.4 Å². The molecule has 4 rings (SSSR count). The van der Waals surface area contributed by atoms with Crippen LogP contribution in [0, 0.1) is 17.6 Å². The molecule has 1 N–H and O–H groups in total. The molecule has 1 aliphatic heterocycles. The van der Waals surface area contributed by atoms with Gasteiger partial charge in [-0.3, -0.25) is 4.79 Å². The van der Waals surface area contributed by atoms with Crippen LogP contribution in [0.3, 0.4) is 0 Å². The molecule has 1 amide bonds. The highest BCUT2D eigenvalue weighted by atomic mass is 32.2. The monoisotopic (exact) mass is 470 g/mol. The average molecular weight is 470 g/mol. The largest absolute Gasteiger partial charge is 0.335 e. The average Bonchev–Trinajstić information content (AvgIpc) is 3.45. The number of hydrogen-bond donors (Lipinski definition) is 1. The molecule has 1 heterocycles. The van der Waals surface area contributed by atoms with Gasteiger partial charge in [0.2, 0.25) is 15.9 Å². The summed E-state index contributed by atoms with van der Waals surface area (Å²) in [4.78, 5) is 14.0. The van der Waals surface area contributed by atoms with Gasteiger partial charge >= 0.3 is 0 Å². The second-order valence-corrected chi connectivity index (χ2v) is 10.3. The summed E-state index contributed by atoms with van der Waals surface area (Å²) < 4.78 is 82.2. The van der Waals surface area contributed by atoms with Crippen LogP contribution in [0.5, 0.6) is 0 Å². The first-order valence-electron chi connectivity index (χ1n) is 10.1. The molecule has 0 aromatic heterocycles. The molecule has 0 radical (unpaired) electrons. The van der Waals surface area contributed by atoms with E-state index in [0.717, 1.165) is 23.3 Å². The minimum absolute atomic E-state index is 0.158. The van der Waals surface area contributed by atoms with Crippen molar-refractivity contribution in [2.24, 2.45) is 5.92 Å². The Morgan fingerprint density at radius 1 is 1.09 bits per heavy atom. The molecule has 0 bridgehead atoms. The van der Waals surface area contributed by atoms with Crippen LogP contribution in [0.15, 0.2) is 42.5 Å². The van der Waals surface area contributed by atoms with E-state index in [9.17, 15) is 30.8 Å². The highest BCUT2D eigenvalue weighted by Crippen LogP contribution is 2.52. The van der Waals surface area contributed by atoms with Crippen molar-refractivity contribution < 1.29 is 30.8 Å². The second kappa shape index (κ2) is 8.15. The highest BCUT2D eigenvalue weighted by Gasteiger charge is 2.50. The lowest BCUT2D eigenvalue weighted by Crippen LogP contribution is -2.56. The van der Waals surface area contributed by atoms with Gasteiger partial charge in [-0.15, -0.1) is 0 Å². The minimum Gasteiger partial charge on any atom is -0.335 e. The van der Waals surface area contributed by atoms with E-state index in [2.05, 4.69) is 4.72 Å². The van der Waals surface area contributed by atoms with Crippen LogP contribution in [0.2, 0.25) is 0 Å². The van der Waals surface area contributed by atoms with E-state index >= 15 is 0 Å². The van der Waals surface area contributed by atoms with Gasteiger partial charge in [0, 0.05) is 24.9 Å². The lowest BCUT2D eigenvalue weighted by molar-refractivity contribution is -0.144. The summed E-state index contributed by atoms with van der Waals surface area (Å²) in [6.45, 7) is -0.950. The first-order valence-corrected chi connectivity index (χ1v) is 12.0. The van der Waals surface area contributed by atoms with Crippen LogP contribution < -0.4 is 4.72 Å². The summed E-state index contributed by atoms with van der Waals surface area (Å²) >= 11 is 0. The number of halogens is 4. The van der Waals surface area contributed by atoms with Crippen molar-refractivity contribution in [3.63, 3.8) is 0 Å². The summed E-state index contributed by atoms with van der Waals surface area (Å²) in [6, 6.07) is 9.04. The van der Waals surface area contributed by atoms with E-state index in [-0.39, 0.29) is 18.0 Å². The third-order valence-corrected chi connectivity index (χ3v) is 6.56. The second-order valence-electron chi connectivity index (χ2n) is 8.50. The number of carbonyl (C=O) groups is 1. The first-order chi connectivity index (χ1) is 15.0. The molecule has 2 aromatic rings. The van der Waals surface area contributed by atoms with Gasteiger partial charge in [-0.2, -0.15) is 0 Å². The molecule has 0 unspecified atom stereocenters. The topological polar surface area (TPSA) is 66.5 Å². The van der Waals surface area contributed by atoms with Gasteiger partial charge in [-0.1, -0.05) is 30.3 Å². The molecule has 1 aliphatic carbocycles. The van der Waals surface area contributed by atoms with Crippen LogP contribution >= 0.6 is 0 Å². The lowest BCUT2D eigenvalue weighted by Gasteiger charge is -2.37. The van der Waals surface area contributed by atoms with Gasteiger partial charge in [-0.25, -0.2) is 30.7 Å². The van der Waals surface area contributed by atoms with Crippen molar-refractivity contribution in [2.75, 3.05) is 19.3 Å². The predicted octanol–water partition coefficient (Wildman–Crippen LogP) is 3.52. The Morgan fingerprint density at radius 3 is 2.41 bits per heavy atom. The molecule has 32 heavy (non-hydrogen) atoms. The fourth-order valence-electron chi connectivity index (χ4n) is 4.50. The summed E-state index contributed by atoms with van der Waals surface area (Å²) in [6.07, 6.45) is 0.549. The third kappa shape index (κ3) is 4.80. The Bertz CT molecular complexity index is 1140. The fraction of sp³-hybridized carbons (Fsp3) is 0.409. The van der Waals surface area contributed by atoms with Gasteiger partial charge < -0.3 is 4.90 Å². The number of likely N-dealkylation sites (tertiary alicyclic amines) is 1. The summed E-state index contributed by atoms with van der Waals surface area (Å²) in [5.41, 5.74) is 0.705. The third-order valence-electron chi connectivity index (χ3n) is 5.80. The molecule has 3 atom stereocenters. The quantitative estimate of drug-likeness (QED) is 0.680. The first kappa shape index (κ1) is 22.7. The zero-order valence-corrected chi connectivity index (χ0v) is 18.0. The molecule has 1 saturated carbocycles. The molecular weight excluding hydrogens is 448 g/mol. The Morgan fingerprint density at radius 2 is 1.75 bits per heavy atom. The van der Waals surface area contributed by atoms with Gasteiger partial charge in [0.1, 0.15) is 11.6 Å². The van der Waals surface area contributed by atoms with E-state index in [1.807, 2.05) is 0 Å². The van der Waals surface area contributed by atoms with Gasteiger partial charge in [0.05, 0.1) is 18.4 Å². The van der Waals surface area contributed by atoms with Crippen LogP contribution in [-0.4, -0.2) is 50.5 Å². The summed E-state index contributed by atoms with van der Waals surface area (Å²) in [5, 5.41) is 0. The number of nitrogens with one attached hydrogen (secondary N) is 1. The number of alkyl halides is 2. The van der Waals surface area contributed by atoms with Crippen molar-refractivity contribution in [1.82, 2.24) is 9.62 Å². The van der Waals surface area contributed by atoms with Crippen LogP contribution in [-0.2, 0) is 14.8 Å². The maximum absolute atomic E-state index is 14.4. The molecular formula is C22H22F4N2O3S. The number of rotatable bonds is 5. The zero-order valence-electron chi connectivity index (χ0n) is 17.2. The molecule has 172 valence electrons. The maximum atomic E-state index is 14.4. The number of amides is 1. The molecule has 10 heteroatoms. The van der Waals surface area contributed by atoms with Crippen molar-refractivity contribution in [3.8, 4) is 11.1 Å². The SMILES string of the molecule is CS(=O)(=O)N[C@@H]1CN(C(=O)[C@@H]2C[C@H]2c2ccccc2-c2c(F)cccc2F)CC(F)(F)C1. The zero-order chi connectivity index (χ0) is 23.3. The van der Waals surface area contributed by atoms with Crippen LogP contribution in [0.4, 0.5) is 17.6 Å². The van der Waals surface area contributed by atoms with E-state index in [4.69, 9.17) is 0 Å². The Kier molecular flexibility index (Phi) is 5.79. The van der Waals surface area contributed by atoms with Crippen molar-refractivity contribution in [3.05, 3.63) is 59.7 Å². The summed E-state index contributed by atoms with van der Waals surface area (Å²) in [5.74, 6) is -6.18. The number of hydrogen-bond acceptors (Lipinski definition) is 3. The number of sulfonamides is 1. The van der Waals surface area contributed by atoms with Gasteiger partial charge in [0.15, 0.2) is 0 Å². The van der Waals surface area contributed by atoms with Gasteiger partial charge in [-0.05, 0) is 35.6 Å². The number of carbonyl (C=O) groups excluding carboxylic acids is 1. The molecule has 5 nitrogen and oxygen atoms in total. The molecule has 2 fully saturated rings. The highest BCUT2D eigenvalue weighted by molar-refractivity contribution is 7.88. The minimum atomic E-state index is -3.72. The number of benzene rings is 2.